The lowest BCUT2D eigenvalue weighted by Gasteiger charge is -2.34. The number of rotatable bonds is 5. The van der Waals surface area contributed by atoms with Gasteiger partial charge in [0, 0.05) is 32.6 Å². The van der Waals surface area contributed by atoms with E-state index in [4.69, 9.17) is 11.6 Å². The predicted molar refractivity (Wildman–Crippen MR) is 106 cm³/mol. The zero-order valence-corrected chi connectivity index (χ0v) is 17.1. The molecule has 0 spiro atoms. The maximum Gasteiger partial charge on any atom is 0.243 e. The topological polar surface area (TPSA) is 57.7 Å². The third-order valence-electron chi connectivity index (χ3n) is 4.97. The number of hydrogen-bond acceptors (Lipinski definition) is 3. The summed E-state index contributed by atoms with van der Waals surface area (Å²) in [5.41, 5.74) is 1.10. The minimum absolute atomic E-state index is 0.0122. The van der Waals surface area contributed by atoms with Crippen molar-refractivity contribution in [3.8, 4) is 0 Å². The van der Waals surface area contributed by atoms with Gasteiger partial charge in [-0.15, -0.1) is 0 Å². The minimum Gasteiger partial charge on any atom is -0.340 e. The first-order valence-electron chi connectivity index (χ1n) is 9.07. The molecule has 3 rings (SSSR count). The van der Waals surface area contributed by atoms with E-state index in [0.717, 1.165) is 17.7 Å². The lowest BCUT2D eigenvalue weighted by atomic mass is 9.97. The number of benzene rings is 2. The van der Waals surface area contributed by atoms with Crippen molar-refractivity contribution in [2.24, 2.45) is 0 Å². The first-order chi connectivity index (χ1) is 13.3. The molecule has 0 saturated carbocycles. The number of sulfonamides is 1. The Morgan fingerprint density at radius 1 is 1.11 bits per heavy atom. The first kappa shape index (κ1) is 20.8. The molecule has 0 radical (unpaired) electrons. The SMILES string of the molecule is CC(CC(=O)N1CCN(S(=O)(=O)c2ccc(F)c(Cl)c2)CC1)c1ccccc1. The van der Waals surface area contributed by atoms with Crippen LogP contribution < -0.4 is 0 Å². The Morgan fingerprint density at radius 2 is 1.75 bits per heavy atom. The van der Waals surface area contributed by atoms with Crippen LogP contribution in [0, 0.1) is 5.82 Å². The van der Waals surface area contributed by atoms with E-state index in [1.54, 1.807) is 4.90 Å². The van der Waals surface area contributed by atoms with E-state index < -0.39 is 15.8 Å². The lowest BCUT2D eigenvalue weighted by Crippen LogP contribution is -2.50. The summed E-state index contributed by atoms with van der Waals surface area (Å²) >= 11 is 5.71. The number of hydrogen-bond donors (Lipinski definition) is 0. The fourth-order valence-electron chi connectivity index (χ4n) is 3.25. The highest BCUT2D eigenvalue weighted by Crippen LogP contribution is 2.24. The zero-order chi connectivity index (χ0) is 20.3. The summed E-state index contributed by atoms with van der Waals surface area (Å²) in [7, 11) is -3.77. The molecular formula is C20H22ClFN2O3S. The fraction of sp³-hybridized carbons (Fsp3) is 0.350. The molecule has 2 aromatic rings. The van der Waals surface area contributed by atoms with Crippen LogP contribution in [0.1, 0.15) is 24.8 Å². The molecule has 0 aliphatic carbocycles. The highest BCUT2D eigenvalue weighted by Gasteiger charge is 2.30. The quantitative estimate of drug-likeness (QED) is 0.738. The van der Waals surface area contributed by atoms with Crippen molar-refractivity contribution in [1.82, 2.24) is 9.21 Å². The summed E-state index contributed by atoms with van der Waals surface area (Å²) in [4.78, 5) is 14.2. The largest absolute Gasteiger partial charge is 0.340 e. The van der Waals surface area contributed by atoms with E-state index in [0.29, 0.717) is 19.5 Å². The monoisotopic (exact) mass is 424 g/mol. The van der Waals surface area contributed by atoms with Crippen molar-refractivity contribution in [3.05, 3.63) is 64.9 Å². The van der Waals surface area contributed by atoms with E-state index in [2.05, 4.69) is 0 Å². The second kappa shape index (κ2) is 8.59. The zero-order valence-electron chi connectivity index (χ0n) is 15.5. The van der Waals surface area contributed by atoms with Gasteiger partial charge in [-0.3, -0.25) is 4.79 Å². The van der Waals surface area contributed by atoms with Gasteiger partial charge in [0.2, 0.25) is 15.9 Å². The van der Waals surface area contributed by atoms with Crippen LogP contribution in [0.25, 0.3) is 0 Å². The van der Waals surface area contributed by atoms with Crippen molar-refractivity contribution >= 4 is 27.5 Å². The summed E-state index contributed by atoms with van der Waals surface area (Å²) in [6.07, 6.45) is 0.379. The molecular weight excluding hydrogens is 403 g/mol. The summed E-state index contributed by atoms with van der Waals surface area (Å²) < 4.78 is 40.1. The fourth-order valence-corrected chi connectivity index (χ4v) is 4.95. The number of halogens is 2. The number of carbonyl (C=O) groups is 1. The molecule has 1 unspecified atom stereocenters. The van der Waals surface area contributed by atoms with Gasteiger partial charge in [-0.1, -0.05) is 48.9 Å². The Kier molecular flexibility index (Phi) is 6.37. The second-order valence-corrected chi connectivity index (χ2v) is 9.22. The summed E-state index contributed by atoms with van der Waals surface area (Å²) in [5, 5.41) is -0.232. The van der Waals surface area contributed by atoms with Gasteiger partial charge in [-0.2, -0.15) is 4.31 Å². The molecule has 1 fully saturated rings. The highest BCUT2D eigenvalue weighted by atomic mass is 35.5. The maximum absolute atomic E-state index is 13.3. The van der Waals surface area contributed by atoms with Crippen LogP contribution in [0.5, 0.6) is 0 Å². The first-order valence-corrected chi connectivity index (χ1v) is 10.9. The second-order valence-electron chi connectivity index (χ2n) is 6.88. The summed E-state index contributed by atoms with van der Waals surface area (Å²) in [5.74, 6) is -0.557. The van der Waals surface area contributed by atoms with Crippen LogP contribution in [0.3, 0.4) is 0 Å². The molecule has 1 saturated heterocycles. The van der Waals surface area contributed by atoms with Crippen LogP contribution in [-0.2, 0) is 14.8 Å². The number of carbonyl (C=O) groups excluding carboxylic acids is 1. The van der Waals surface area contributed by atoms with Gasteiger partial charge in [-0.05, 0) is 29.7 Å². The van der Waals surface area contributed by atoms with Gasteiger partial charge in [-0.25, -0.2) is 12.8 Å². The van der Waals surface area contributed by atoms with E-state index in [-0.39, 0.29) is 34.8 Å². The van der Waals surface area contributed by atoms with Gasteiger partial charge in [0.05, 0.1) is 9.92 Å². The number of nitrogens with zero attached hydrogens (tertiary/aromatic N) is 2. The molecule has 0 aromatic heterocycles. The van der Waals surface area contributed by atoms with Crippen molar-refractivity contribution < 1.29 is 17.6 Å². The highest BCUT2D eigenvalue weighted by molar-refractivity contribution is 7.89. The van der Waals surface area contributed by atoms with Crippen LogP contribution >= 0.6 is 11.6 Å². The molecule has 8 heteroatoms. The Balaban J connectivity index is 1.60. The van der Waals surface area contributed by atoms with Crippen LogP contribution in [0.15, 0.2) is 53.4 Å². The van der Waals surface area contributed by atoms with Gasteiger partial charge >= 0.3 is 0 Å². The Hall–Kier alpha value is -1.96. The third kappa shape index (κ3) is 4.54. The molecule has 1 aliphatic heterocycles. The van der Waals surface area contributed by atoms with Crippen LogP contribution in [-0.4, -0.2) is 49.7 Å². The molecule has 150 valence electrons. The average molecular weight is 425 g/mol. The normalized spacial score (nSPS) is 16.8. The molecule has 5 nitrogen and oxygen atoms in total. The lowest BCUT2D eigenvalue weighted by molar-refractivity contribution is -0.132. The molecule has 28 heavy (non-hydrogen) atoms. The number of piperazine rings is 1. The molecule has 1 aliphatic rings. The maximum atomic E-state index is 13.3. The van der Waals surface area contributed by atoms with Crippen molar-refractivity contribution in [2.45, 2.75) is 24.2 Å². The average Bonchev–Trinajstić information content (AvgIpc) is 2.70. The molecule has 1 atom stereocenters. The molecule has 2 aromatic carbocycles. The number of amides is 1. The van der Waals surface area contributed by atoms with Gasteiger partial charge in [0.1, 0.15) is 5.82 Å². The van der Waals surface area contributed by atoms with Crippen LogP contribution in [0.4, 0.5) is 4.39 Å². The molecule has 0 N–H and O–H groups in total. The molecule has 1 amide bonds. The van der Waals surface area contributed by atoms with Gasteiger partial charge < -0.3 is 4.90 Å². The van der Waals surface area contributed by atoms with E-state index >= 15 is 0 Å². The predicted octanol–water partition coefficient (Wildman–Crippen LogP) is 3.51. The Labute approximate surface area is 169 Å². The summed E-state index contributed by atoms with van der Waals surface area (Å²) in [6.45, 7) is 3.06. The Morgan fingerprint density at radius 3 is 2.36 bits per heavy atom. The van der Waals surface area contributed by atoms with Gasteiger partial charge in [0.25, 0.3) is 0 Å². The van der Waals surface area contributed by atoms with Crippen molar-refractivity contribution in [2.75, 3.05) is 26.2 Å². The standard InChI is InChI=1S/C20H22ClFN2O3S/c1-15(16-5-3-2-4-6-16)13-20(25)23-9-11-24(12-10-23)28(26,27)17-7-8-19(22)18(21)14-17/h2-8,14-15H,9-13H2,1H3. The smallest absolute Gasteiger partial charge is 0.243 e. The van der Waals surface area contributed by atoms with E-state index in [1.807, 2.05) is 37.3 Å². The molecule has 1 heterocycles. The van der Waals surface area contributed by atoms with E-state index in [9.17, 15) is 17.6 Å². The van der Waals surface area contributed by atoms with E-state index in [1.165, 1.54) is 10.4 Å². The summed E-state index contributed by atoms with van der Waals surface area (Å²) in [6, 6.07) is 13.2. The third-order valence-corrected chi connectivity index (χ3v) is 7.15. The van der Waals surface area contributed by atoms with Crippen molar-refractivity contribution in [1.29, 1.82) is 0 Å². The van der Waals surface area contributed by atoms with Crippen LogP contribution in [0.2, 0.25) is 5.02 Å². The Bertz CT molecular complexity index is 945. The van der Waals surface area contributed by atoms with Crippen molar-refractivity contribution in [3.63, 3.8) is 0 Å². The molecule has 0 bridgehead atoms. The van der Waals surface area contributed by atoms with Gasteiger partial charge in [0.15, 0.2) is 0 Å². The minimum atomic E-state index is -3.77.